The van der Waals surface area contributed by atoms with Gasteiger partial charge in [-0.25, -0.2) is 0 Å². The number of ketones is 1. The highest BCUT2D eigenvalue weighted by molar-refractivity contribution is 6.12. The van der Waals surface area contributed by atoms with Crippen molar-refractivity contribution in [1.82, 2.24) is 0 Å². The maximum Gasteiger partial charge on any atom is 0.142 e. The van der Waals surface area contributed by atoms with E-state index in [9.17, 15) is 4.79 Å². The summed E-state index contributed by atoms with van der Waals surface area (Å²) >= 11 is 0. The molecular weight excluding hydrogens is 222 g/mol. The third-order valence-corrected chi connectivity index (χ3v) is 5.02. The van der Waals surface area contributed by atoms with Crippen molar-refractivity contribution in [2.75, 3.05) is 6.54 Å². The molecule has 2 aliphatic carbocycles. The molecule has 2 nitrogen and oxygen atoms in total. The zero-order chi connectivity index (χ0) is 13.6. The Morgan fingerprint density at radius 2 is 2.11 bits per heavy atom. The van der Waals surface area contributed by atoms with Crippen LogP contribution in [0.25, 0.3) is 0 Å². The van der Waals surface area contributed by atoms with Gasteiger partial charge in [-0.3, -0.25) is 9.79 Å². The summed E-state index contributed by atoms with van der Waals surface area (Å²) < 4.78 is 0. The number of hydrogen-bond donors (Lipinski definition) is 0. The Morgan fingerprint density at radius 1 is 1.44 bits per heavy atom. The largest absolute Gasteiger partial charge is 0.299 e. The molecule has 0 spiro atoms. The highest BCUT2D eigenvalue weighted by atomic mass is 16.1. The number of Topliss-reactive ketones (excluding diaryl/α,β-unsaturated/α-hetero) is 1. The zero-order valence-corrected chi connectivity index (χ0v) is 11.7. The van der Waals surface area contributed by atoms with Crippen LogP contribution in [0.3, 0.4) is 0 Å². The first-order valence-corrected chi connectivity index (χ1v) is 6.69. The van der Waals surface area contributed by atoms with Crippen molar-refractivity contribution >= 4 is 11.5 Å². The number of allylic oxidation sites excluding steroid dienone is 1. The Bertz CT molecular complexity index is 432. The van der Waals surface area contributed by atoms with Gasteiger partial charge in [-0.15, -0.1) is 13.2 Å². The third kappa shape index (κ3) is 1.54. The van der Waals surface area contributed by atoms with E-state index in [1.165, 1.54) is 0 Å². The molecule has 3 atom stereocenters. The molecule has 0 aromatic rings. The molecule has 0 unspecified atom stereocenters. The second-order valence-corrected chi connectivity index (χ2v) is 6.21. The van der Waals surface area contributed by atoms with E-state index in [0.717, 1.165) is 18.6 Å². The summed E-state index contributed by atoms with van der Waals surface area (Å²) in [5, 5.41) is 0. The second kappa shape index (κ2) is 4.18. The average Bonchev–Trinajstić information content (AvgIpc) is 2.70. The number of carbonyl (C=O) groups excluding carboxylic acids is 1. The van der Waals surface area contributed by atoms with Crippen LogP contribution in [0.4, 0.5) is 0 Å². The van der Waals surface area contributed by atoms with Crippen molar-refractivity contribution in [2.24, 2.45) is 27.7 Å². The monoisotopic (exact) mass is 245 g/mol. The zero-order valence-electron chi connectivity index (χ0n) is 11.7. The molecule has 2 saturated carbocycles. The molecule has 0 bridgehead atoms. The molecule has 0 N–H and O–H groups in total. The van der Waals surface area contributed by atoms with E-state index in [2.05, 4.69) is 32.0 Å². The topological polar surface area (TPSA) is 29.4 Å². The Morgan fingerprint density at radius 3 is 2.61 bits per heavy atom. The maximum atomic E-state index is 12.3. The van der Waals surface area contributed by atoms with E-state index < -0.39 is 0 Å². The molecule has 2 rings (SSSR count). The first-order valence-electron chi connectivity index (χ1n) is 6.69. The molecule has 0 heterocycles. The highest BCUT2D eigenvalue weighted by Crippen LogP contribution is 2.73. The molecule has 0 aromatic heterocycles. The third-order valence-electron chi connectivity index (χ3n) is 5.02. The van der Waals surface area contributed by atoms with Gasteiger partial charge in [-0.1, -0.05) is 26.0 Å². The van der Waals surface area contributed by atoms with Gasteiger partial charge in [0.15, 0.2) is 0 Å². The minimum Gasteiger partial charge on any atom is -0.299 e. The normalized spacial score (nSPS) is 38.3. The Hall–Kier alpha value is -1.18. The van der Waals surface area contributed by atoms with Crippen LogP contribution in [-0.2, 0) is 4.79 Å². The van der Waals surface area contributed by atoms with Gasteiger partial charge in [0.2, 0.25) is 0 Å². The van der Waals surface area contributed by atoms with Crippen LogP contribution in [-0.4, -0.2) is 18.0 Å². The molecule has 98 valence electrons. The number of rotatable bonds is 5. The lowest BCUT2D eigenvalue weighted by atomic mass is 9.71. The summed E-state index contributed by atoms with van der Waals surface area (Å²) in [6, 6.07) is 0. The van der Waals surface area contributed by atoms with Crippen LogP contribution in [0.15, 0.2) is 30.3 Å². The van der Waals surface area contributed by atoms with Gasteiger partial charge in [0.1, 0.15) is 5.78 Å². The van der Waals surface area contributed by atoms with Crippen molar-refractivity contribution < 1.29 is 4.79 Å². The minimum absolute atomic E-state index is 0.253. The second-order valence-electron chi connectivity index (χ2n) is 6.21. The Kier molecular flexibility index (Phi) is 3.08. The summed E-state index contributed by atoms with van der Waals surface area (Å²) in [6.07, 6.45) is 5.37. The lowest BCUT2D eigenvalue weighted by Crippen LogP contribution is -2.39. The summed E-state index contributed by atoms with van der Waals surface area (Å²) in [7, 11) is 0. The highest BCUT2D eigenvalue weighted by Gasteiger charge is 2.73. The SMILES string of the molecule is C=CCN=C1C[C@@H]2[C@H](C2(C)C)[C@@]1(CC=C)C(C)=O. The van der Waals surface area contributed by atoms with Crippen molar-refractivity contribution in [3.8, 4) is 0 Å². The van der Waals surface area contributed by atoms with Crippen LogP contribution in [0.1, 0.15) is 33.6 Å². The predicted molar refractivity (Wildman–Crippen MR) is 75.8 cm³/mol. The summed E-state index contributed by atoms with van der Waals surface area (Å²) in [5.74, 6) is 1.32. The lowest BCUT2D eigenvalue weighted by Gasteiger charge is -2.32. The fourth-order valence-electron chi connectivity index (χ4n) is 4.09. The molecule has 2 heteroatoms. The minimum atomic E-state index is -0.376. The van der Waals surface area contributed by atoms with E-state index >= 15 is 0 Å². The van der Waals surface area contributed by atoms with Gasteiger partial charge in [-0.2, -0.15) is 0 Å². The first-order chi connectivity index (χ1) is 8.42. The molecule has 0 amide bonds. The maximum absolute atomic E-state index is 12.3. The molecule has 18 heavy (non-hydrogen) atoms. The van der Waals surface area contributed by atoms with Gasteiger partial charge < -0.3 is 0 Å². The Labute approximate surface area is 110 Å². The van der Waals surface area contributed by atoms with Crippen LogP contribution in [0.2, 0.25) is 0 Å². The summed E-state index contributed by atoms with van der Waals surface area (Å²) in [4.78, 5) is 16.9. The van der Waals surface area contributed by atoms with E-state index in [1.54, 1.807) is 13.0 Å². The molecule has 0 aliphatic heterocycles. The van der Waals surface area contributed by atoms with Crippen molar-refractivity contribution in [2.45, 2.75) is 33.6 Å². The van der Waals surface area contributed by atoms with Crippen LogP contribution in [0, 0.1) is 22.7 Å². The van der Waals surface area contributed by atoms with Gasteiger partial charge >= 0.3 is 0 Å². The quantitative estimate of drug-likeness (QED) is 0.682. The average molecular weight is 245 g/mol. The number of carbonyl (C=O) groups is 1. The van der Waals surface area contributed by atoms with Gasteiger partial charge in [0.25, 0.3) is 0 Å². The van der Waals surface area contributed by atoms with Crippen LogP contribution >= 0.6 is 0 Å². The Balaban J connectivity index is 2.43. The molecule has 2 aliphatic rings. The van der Waals surface area contributed by atoms with Gasteiger partial charge in [-0.05, 0) is 37.0 Å². The predicted octanol–water partition coefficient (Wildman–Crippen LogP) is 3.44. The van der Waals surface area contributed by atoms with Crippen LogP contribution < -0.4 is 0 Å². The summed E-state index contributed by atoms with van der Waals surface area (Å²) in [6.45, 7) is 14.4. The first kappa shape index (κ1) is 13.3. The molecule has 2 fully saturated rings. The van der Waals surface area contributed by atoms with Crippen LogP contribution in [0.5, 0.6) is 0 Å². The molecule has 0 radical (unpaired) electrons. The van der Waals surface area contributed by atoms with E-state index in [1.807, 2.05) is 6.08 Å². The number of fused-ring (bicyclic) bond motifs is 1. The molecule has 0 saturated heterocycles. The number of hydrogen-bond acceptors (Lipinski definition) is 2. The van der Waals surface area contributed by atoms with Crippen molar-refractivity contribution in [3.63, 3.8) is 0 Å². The van der Waals surface area contributed by atoms with Gasteiger partial charge in [0, 0.05) is 5.71 Å². The number of nitrogens with zero attached hydrogens (tertiary/aromatic N) is 1. The van der Waals surface area contributed by atoms with E-state index in [4.69, 9.17) is 0 Å². The smallest absolute Gasteiger partial charge is 0.142 e. The molecule has 0 aromatic carbocycles. The molecular formula is C16H23NO. The lowest BCUT2D eigenvalue weighted by molar-refractivity contribution is -0.124. The van der Waals surface area contributed by atoms with Crippen molar-refractivity contribution in [1.29, 1.82) is 0 Å². The van der Waals surface area contributed by atoms with E-state index in [-0.39, 0.29) is 16.6 Å². The van der Waals surface area contributed by atoms with E-state index in [0.29, 0.717) is 18.4 Å². The number of aliphatic imine (C=N–C) groups is 1. The van der Waals surface area contributed by atoms with Gasteiger partial charge in [0.05, 0.1) is 12.0 Å². The fourth-order valence-corrected chi connectivity index (χ4v) is 4.09. The van der Waals surface area contributed by atoms with Crippen molar-refractivity contribution in [3.05, 3.63) is 25.3 Å². The summed E-state index contributed by atoms with van der Waals surface area (Å²) in [5.41, 5.74) is 0.991. The standard InChI is InChI=1S/C16H23NO/c1-6-8-16(11(3)18)13(17-9-7-2)10-12-14(16)15(12,4)5/h6-7,12,14H,1-2,8-10H2,3-5H3/t12-,14-,16+/m1/s1. The fraction of sp³-hybridized carbons (Fsp3) is 0.625.